The maximum atomic E-state index is 14.0. The Morgan fingerprint density at radius 1 is 1.16 bits per heavy atom. The summed E-state index contributed by atoms with van der Waals surface area (Å²) >= 11 is 0. The fraction of sp³-hybridized carbons (Fsp3) is 0.595. The van der Waals surface area contributed by atoms with Gasteiger partial charge in [-0.15, -0.1) is 0 Å². The van der Waals surface area contributed by atoms with Gasteiger partial charge in [0.1, 0.15) is 18.3 Å². The number of piperidine rings is 1. The molecule has 2 aliphatic carbocycles. The van der Waals surface area contributed by atoms with Crippen molar-refractivity contribution in [1.29, 1.82) is 0 Å². The number of carbonyl (C=O) groups is 6. The molecule has 0 radical (unpaired) electrons. The molecule has 0 saturated carbocycles. The van der Waals surface area contributed by atoms with Crippen LogP contribution in [0.3, 0.4) is 0 Å². The Balaban J connectivity index is 1.38. The first kappa shape index (κ1) is 41.7. The Hall–Kier alpha value is -5.43. The van der Waals surface area contributed by atoms with Gasteiger partial charge in [0.2, 0.25) is 17.7 Å². The molecule has 0 unspecified atom stereocenters. The number of nitrogens with one attached hydrogen (secondary N) is 2. The number of carbonyl (C=O) groups excluding carboxylic acids is 5. The van der Waals surface area contributed by atoms with E-state index in [1.807, 2.05) is 19.2 Å². The number of ketones is 1. The van der Waals surface area contributed by atoms with Crippen molar-refractivity contribution < 1.29 is 53.2 Å². The van der Waals surface area contributed by atoms with Gasteiger partial charge in [-0.05, 0) is 57.0 Å². The van der Waals surface area contributed by atoms with Crippen LogP contribution in [0.15, 0.2) is 29.0 Å². The highest BCUT2D eigenvalue weighted by Gasteiger charge is 2.72. The van der Waals surface area contributed by atoms with Crippen LogP contribution in [0.5, 0.6) is 11.5 Å². The first-order chi connectivity index (χ1) is 26.4. The summed E-state index contributed by atoms with van der Waals surface area (Å²) in [5, 5.41) is 27.0. The monoisotopic (exact) mass is 784 g/mol. The summed E-state index contributed by atoms with van der Waals surface area (Å²) in [6.45, 7) is 0.613. The number of carboxylic acid groups (broad SMARTS) is 1. The molecule has 8 N–H and O–H groups in total. The summed E-state index contributed by atoms with van der Waals surface area (Å²) in [6, 6.07) is 2.09. The molecule has 1 aromatic carbocycles. The van der Waals surface area contributed by atoms with Gasteiger partial charge in [-0.1, -0.05) is 6.07 Å². The number of likely N-dealkylation sites (N-methyl/N-ethyl adjacent to an activating group) is 3. The number of aliphatic imine (C=N–C) groups is 1. The fourth-order valence-electron chi connectivity index (χ4n) is 8.60. The largest absolute Gasteiger partial charge is 0.493 e. The predicted octanol–water partition coefficient (Wildman–Crippen LogP) is -1.17. The number of aliphatic carboxylic acids is 1. The number of Topliss-reactive ketones (excluding diaryl/α,β-unsaturated/α-hetero) is 1. The summed E-state index contributed by atoms with van der Waals surface area (Å²) in [5.74, 6) is -3.56. The third kappa shape index (κ3) is 7.95. The highest BCUT2D eigenvalue weighted by atomic mass is 16.6. The molecule has 2 heterocycles. The molecule has 0 aromatic heterocycles. The minimum absolute atomic E-state index is 0.133. The van der Waals surface area contributed by atoms with Gasteiger partial charge >= 0.3 is 12.1 Å². The van der Waals surface area contributed by atoms with Crippen molar-refractivity contribution in [2.45, 2.75) is 74.7 Å². The summed E-state index contributed by atoms with van der Waals surface area (Å²) in [7, 11) is 6.02. The van der Waals surface area contributed by atoms with E-state index in [0.717, 1.165) is 20.9 Å². The lowest BCUT2D eigenvalue weighted by Gasteiger charge is -2.61. The van der Waals surface area contributed by atoms with Crippen LogP contribution in [-0.4, -0.2) is 151 Å². The predicted molar refractivity (Wildman–Crippen MR) is 199 cm³/mol. The zero-order valence-electron chi connectivity index (χ0n) is 32.3. The van der Waals surface area contributed by atoms with Gasteiger partial charge in [-0.25, -0.2) is 4.79 Å². The number of nitrogens with two attached hydrogens (primary N) is 2. The van der Waals surface area contributed by atoms with E-state index in [1.165, 1.54) is 28.1 Å². The Morgan fingerprint density at radius 2 is 1.89 bits per heavy atom. The van der Waals surface area contributed by atoms with Crippen LogP contribution in [0.4, 0.5) is 4.79 Å². The van der Waals surface area contributed by atoms with Gasteiger partial charge in [0.25, 0.3) is 0 Å². The minimum atomic E-state index is -1.46. The number of benzene rings is 1. The highest BCUT2D eigenvalue weighted by molar-refractivity contribution is 5.91. The average molecular weight is 785 g/mol. The lowest BCUT2D eigenvalue weighted by molar-refractivity contribution is -0.163. The topological polar surface area (TPSA) is 269 Å². The number of methoxy groups -OCH3 is 1. The lowest BCUT2D eigenvalue weighted by Crippen LogP contribution is -2.74. The number of ether oxygens (including phenoxy) is 3. The third-order valence-corrected chi connectivity index (χ3v) is 11.4. The Labute approximate surface area is 324 Å². The zero-order valence-corrected chi connectivity index (χ0v) is 32.3. The van der Waals surface area contributed by atoms with E-state index >= 15 is 0 Å². The number of hydrogen-bond donors (Lipinski definition) is 6. The van der Waals surface area contributed by atoms with Crippen LogP contribution < -0.4 is 31.6 Å². The maximum Gasteiger partial charge on any atom is 0.415 e. The van der Waals surface area contributed by atoms with E-state index in [2.05, 4.69) is 20.5 Å². The van der Waals surface area contributed by atoms with E-state index < -0.39 is 77.7 Å². The van der Waals surface area contributed by atoms with Crippen molar-refractivity contribution in [2.24, 2.45) is 22.4 Å². The number of aliphatic hydroxyl groups is 1. The molecule has 1 aromatic rings. The van der Waals surface area contributed by atoms with Gasteiger partial charge in [0.15, 0.2) is 29.3 Å². The Kier molecular flexibility index (Phi) is 12.5. The van der Waals surface area contributed by atoms with Crippen LogP contribution in [-0.2, 0) is 40.5 Å². The van der Waals surface area contributed by atoms with Crippen molar-refractivity contribution in [3.8, 4) is 11.5 Å². The van der Waals surface area contributed by atoms with Crippen LogP contribution in [0, 0.1) is 5.92 Å². The zero-order chi connectivity index (χ0) is 41.1. The molecule has 19 heteroatoms. The van der Waals surface area contributed by atoms with Gasteiger partial charge < -0.3 is 56.3 Å². The molecule has 306 valence electrons. The first-order valence-electron chi connectivity index (χ1n) is 18.4. The molecular formula is C37H52N8O11. The quantitative estimate of drug-likeness (QED) is 0.0618. The van der Waals surface area contributed by atoms with Gasteiger partial charge in [-0.3, -0.25) is 33.9 Å². The summed E-state index contributed by atoms with van der Waals surface area (Å²) < 4.78 is 18.2. The van der Waals surface area contributed by atoms with Gasteiger partial charge in [-0.2, -0.15) is 0 Å². The van der Waals surface area contributed by atoms with Crippen molar-refractivity contribution in [1.82, 2.24) is 25.3 Å². The van der Waals surface area contributed by atoms with Crippen molar-refractivity contribution in [3.05, 3.63) is 35.1 Å². The van der Waals surface area contributed by atoms with Crippen LogP contribution in [0.1, 0.15) is 50.2 Å². The second kappa shape index (κ2) is 16.7. The molecule has 1 fully saturated rings. The summed E-state index contributed by atoms with van der Waals surface area (Å²) in [4.78, 5) is 84.8. The molecule has 2 bridgehead atoms. The van der Waals surface area contributed by atoms with Crippen molar-refractivity contribution >= 4 is 41.5 Å². The number of carboxylic acids is 1. The second-order valence-electron chi connectivity index (χ2n) is 14.9. The molecule has 1 saturated heterocycles. The van der Waals surface area contributed by atoms with E-state index in [4.69, 9.17) is 25.7 Å². The van der Waals surface area contributed by atoms with E-state index in [9.17, 15) is 39.0 Å². The number of rotatable bonds is 17. The van der Waals surface area contributed by atoms with Crippen LogP contribution in [0.2, 0.25) is 0 Å². The van der Waals surface area contributed by atoms with E-state index in [1.54, 1.807) is 6.08 Å². The first-order valence-corrected chi connectivity index (χ1v) is 18.4. The highest BCUT2D eigenvalue weighted by Crippen LogP contribution is 2.65. The Morgan fingerprint density at radius 3 is 2.55 bits per heavy atom. The molecule has 4 aliphatic rings. The van der Waals surface area contributed by atoms with E-state index in [0.29, 0.717) is 37.3 Å². The van der Waals surface area contributed by atoms with Crippen LogP contribution >= 0.6 is 0 Å². The molecule has 19 nitrogen and oxygen atoms in total. The third-order valence-electron chi connectivity index (χ3n) is 11.4. The number of likely N-dealkylation sites (tertiary alicyclic amines) is 1. The summed E-state index contributed by atoms with van der Waals surface area (Å²) in [5.41, 5.74) is 10.4. The number of amides is 4. The lowest BCUT2D eigenvalue weighted by atomic mass is 9.50. The summed E-state index contributed by atoms with van der Waals surface area (Å²) in [6.07, 6.45) is 1.17. The van der Waals surface area contributed by atoms with Crippen molar-refractivity contribution in [2.75, 3.05) is 61.0 Å². The van der Waals surface area contributed by atoms with Gasteiger partial charge in [0.05, 0.1) is 24.7 Å². The molecule has 4 amide bonds. The Bertz CT molecular complexity index is 1820. The molecule has 5 rings (SSSR count). The molecular weight excluding hydrogens is 732 g/mol. The van der Waals surface area contributed by atoms with Gasteiger partial charge in [0, 0.05) is 64.5 Å². The fourth-order valence-corrected chi connectivity index (χ4v) is 8.60. The molecule has 6 atom stereocenters. The number of hydrogen-bond acceptors (Lipinski definition) is 12. The number of guanidine groups is 1. The van der Waals surface area contributed by atoms with E-state index in [-0.39, 0.29) is 50.1 Å². The standard InChI is InChI=1S/C37H52N8O11/c1-20(46)41-17-23(47)15-22(7-6-13-40-34(38)39)32(50)42-18-24(33(51)44(3)19-28(48)49)45(4)35(52)55-26-10-11-37(53)27-16-21-8-9-25(54-5)30-29(21)36(37,31(26)56-30)12-14-43(27)2/h8-10,22,24,27,31,53H,6-7,11-19H2,1-5H3,(H,41,46)(H,42,50)(H,48,49)(H4,38,39,40)/t22-,24+,27-,31+,36+,37-/m1/s1. The second-order valence-corrected chi connectivity index (χ2v) is 14.9. The minimum Gasteiger partial charge on any atom is -0.493 e. The average Bonchev–Trinajstić information content (AvgIpc) is 3.50. The number of nitrogens with zero attached hydrogens (tertiary/aromatic N) is 4. The molecule has 56 heavy (non-hydrogen) atoms. The SMILES string of the molecule is COc1ccc2c3c1O[C@H]1C(OC(=O)N(C)[C@@H](CNC(=O)[C@H](CCCN=C(N)N)CC(=O)CNC(C)=O)C(=O)N(C)CC(=O)O)=CC[C@@]4(O)[C@@H](C2)N(C)CC[C@]314. The maximum absolute atomic E-state index is 14.0. The van der Waals surface area contributed by atoms with Crippen LogP contribution in [0.25, 0.3) is 0 Å². The van der Waals surface area contributed by atoms with Crippen molar-refractivity contribution in [3.63, 3.8) is 0 Å². The molecule has 1 spiro atoms. The molecule has 2 aliphatic heterocycles. The normalized spacial score (nSPS) is 23.9. The smallest absolute Gasteiger partial charge is 0.415 e.